The van der Waals surface area contributed by atoms with E-state index >= 15 is 0 Å². The molecule has 8 rings (SSSR count). The highest BCUT2D eigenvalue weighted by atomic mass is 14.6. The molecule has 0 N–H and O–H groups in total. The summed E-state index contributed by atoms with van der Waals surface area (Å²) in [6.45, 7) is 2.41. The van der Waals surface area contributed by atoms with Crippen LogP contribution in [0.3, 0.4) is 0 Å². The van der Waals surface area contributed by atoms with Crippen LogP contribution in [0.4, 0.5) is 0 Å². The van der Waals surface area contributed by atoms with E-state index in [9.17, 15) is 0 Å². The molecule has 0 nitrogen and oxygen atoms in total. The van der Waals surface area contributed by atoms with E-state index in [2.05, 4.69) is 49.4 Å². The van der Waals surface area contributed by atoms with E-state index in [1.165, 1.54) is 81.8 Å². The highest BCUT2D eigenvalue weighted by molar-refractivity contribution is 5.87. The zero-order chi connectivity index (χ0) is 20.6. The van der Waals surface area contributed by atoms with E-state index in [1.54, 1.807) is 27.8 Å². The van der Waals surface area contributed by atoms with Crippen LogP contribution in [0, 0.1) is 23.7 Å². The molecule has 6 aliphatic rings. The third kappa shape index (κ3) is 2.86. The zero-order valence-electron chi connectivity index (χ0n) is 19.1. The van der Waals surface area contributed by atoms with Crippen LogP contribution in [-0.4, -0.2) is 0 Å². The fourth-order valence-corrected chi connectivity index (χ4v) is 9.12. The molecular formula is C31H36. The summed E-state index contributed by atoms with van der Waals surface area (Å²) in [7, 11) is 0. The Labute approximate surface area is 188 Å². The van der Waals surface area contributed by atoms with Crippen molar-refractivity contribution < 1.29 is 0 Å². The first-order chi connectivity index (χ1) is 15.2. The van der Waals surface area contributed by atoms with Gasteiger partial charge in [0.2, 0.25) is 0 Å². The van der Waals surface area contributed by atoms with Crippen molar-refractivity contribution in [2.45, 2.75) is 83.0 Å². The van der Waals surface area contributed by atoms with Gasteiger partial charge in [-0.2, -0.15) is 0 Å². The van der Waals surface area contributed by atoms with Gasteiger partial charge in [0, 0.05) is 0 Å². The van der Waals surface area contributed by atoms with Gasteiger partial charge in [0.05, 0.1) is 0 Å². The van der Waals surface area contributed by atoms with Crippen molar-refractivity contribution in [1.82, 2.24) is 0 Å². The second-order valence-electron chi connectivity index (χ2n) is 11.9. The van der Waals surface area contributed by atoms with Crippen LogP contribution >= 0.6 is 0 Å². The van der Waals surface area contributed by atoms with Crippen molar-refractivity contribution in [3.05, 3.63) is 64.7 Å². The molecule has 0 aromatic heterocycles. The minimum Gasteiger partial charge on any atom is -0.0613 e. The maximum atomic E-state index is 2.52. The number of allylic oxidation sites excluding steroid dienone is 2. The Balaban J connectivity index is 1.24. The van der Waals surface area contributed by atoms with Gasteiger partial charge < -0.3 is 0 Å². The normalized spacial score (nSPS) is 34.0. The standard InChI is InChI=1S/C31H36/c1-20-29(24-5-2-3-6-24)16-26-7-4-8-28(30(20)26)25-9-11-27(12-10-25)31-17-21-13-22(18-31)15-23(14-21)19-31/h4,7-12,21-24H,2-3,5-6,13-19H2,1H3. The molecule has 0 amide bonds. The first kappa shape index (κ1) is 18.7. The highest BCUT2D eigenvalue weighted by Crippen LogP contribution is 2.60. The first-order valence-electron chi connectivity index (χ1n) is 13.1. The van der Waals surface area contributed by atoms with Gasteiger partial charge in [0.1, 0.15) is 0 Å². The summed E-state index contributed by atoms with van der Waals surface area (Å²) in [5.41, 5.74) is 11.6. The van der Waals surface area contributed by atoms with E-state index in [-0.39, 0.29) is 0 Å². The molecule has 6 aliphatic carbocycles. The van der Waals surface area contributed by atoms with Gasteiger partial charge in [-0.25, -0.2) is 0 Å². The molecule has 5 saturated carbocycles. The Morgan fingerprint density at radius 3 is 2.06 bits per heavy atom. The Morgan fingerprint density at radius 1 is 0.774 bits per heavy atom. The largest absolute Gasteiger partial charge is 0.0613 e. The van der Waals surface area contributed by atoms with E-state index in [0.29, 0.717) is 5.41 Å². The molecule has 2 aromatic rings. The molecule has 0 atom stereocenters. The summed E-state index contributed by atoms with van der Waals surface area (Å²) in [6, 6.07) is 17.0. The van der Waals surface area contributed by atoms with Crippen LogP contribution in [-0.2, 0) is 11.8 Å². The van der Waals surface area contributed by atoms with E-state index in [1.807, 2.05) is 0 Å². The predicted molar refractivity (Wildman–Crippen MR) is 130 cm³/mol. The van der Waals surface area contributed by atoms with Crippen LogP contribution in [0.5, 0.6) is 0 Å². The molecule has 0 unspecified atom stereocenters. The first-order valence-corrected chi connectivity index (χ1v) is 13.1. The molecule has 2 aromatic carbocycles. The van der Waals surface area contributed by atoms with Crippen molar-refractivity contribution in [1.29, 1.82) is 0 Å². The number of hydrogen-bond donors (Lipinski definition) is 0. The Hall–Kier alpha value is -1.82. The van der Waals surface area contributed by atoms with Crippen LogP contribution in [0.1, 0.15) is 87.8 Å². The average Bonchev–Trinajstić information content (AvgIpc) is 3.41. The molecule has 0 spiro atoms. The average molecular weight is 409 g/mol. The SMILES string of the molecule is CC1=C(C2CCCC2)Cc2cccc(-c3ccc(C45CC6CC(CC(C6)C4)C5)cc3)c21. The fraction of sp³-hybridized carbons (Fsp3) is 0.548. The van der Waals surface area contributed by atoms with Gasteiger partial charge in [0.15, 0.2) is 0 Å². The molecule has 5 fully saturated rings. The van der Waals surface area contributed by atoms with E-state index < -0.39 is 0 Å². The summed E-state index contributed by atoms with van der Waals surface area (Å²) >= 11 is 0. The van der Waals surface area contributed by atoms with E-state index in [0.717, 1.165) is 23.7 Å². The summed E-state index contributed by atoms with van der Waals surface area (Å²) in [5.74, 6) is 3.90. The lowest BCUT2D eigenvalue weighted by Crippen LogP contribution is -2.48. The number of rotatable bonds is 3. The van der Waals surface area contributed by atoms with Gasteiger partial charge in [0.25, 0.3) is 0 Å². The van der Waals surface area contributed by atoms with Crippen molar-refractivity contribution in [2.24, 2.45) is 23.7 Å². The fourth-order valence-electron chi connectivity index (χ4n) is 9.12. The predicted octanol–water partition coefficient (Wildman–Crippen LogP) is 8.34. The molecule has 0 aliphatic heterocycles. The van der Waals surface area contributed by atoms with Crippen molar-refractivity contribution in [3.8, 4) is 11.1 Å². The molecule has 0 heteroatoms. The highest BCUT2D eigenvalue weighted by Gasteiger charge is 2.51. The molecule has 0 heterocycles. The molecule has 4 bridgehead atoms. The lowest BCUT2D eigenvalue weighted by molar-refractivity contribution is -0.00518. The van der Waals surface area contributed by atoms with Crippen LogP contribution in [0.2, 0.25) is 0 Å². The monoisotopic (exact) mass is 408 g/mol. The Morgan fingerprint density at radius 2 is 1.42 bits per heavy atom. The quantitative estimate of drug-likeness (QED) is 0.479. The second-order valence-corrected chi connectivity index (χ2v) is 11.9. The Bertz CT molecular complexity index is 1010. The lowest BCUT2D eigenvalue weighted by Gasteiger charge is -2.57. The van der Waals surface area contributed by atoms with Crippen molar-refractivity contribution in [2.75, 3.05) is 0 Å². The van der Waals surface area contributed by atoms with Crippen LogP contribution < -0.4 is 0 Å². The Kier molecular flexibility index (Phi) is 4.13. The smallest absolute Gasteiger partial charge is 0.00391 e. The van der Waals surface area contributed by atoms with Crippen molar-refractivity contribution in [3.63, 3.8) is 0 Å². The molecule has 0 saturated heterocycles. The maximum Gasteiger partial charge on any atom is -0.00391 e. The lowest BCUT2D eigenvalue weighted by atomic mass is 9.48. The number of benzene rings is 2. The van der Waals surface area contributed by atoms with Gasteiger partial charge in [-0.05, 0) is 127 Å². The van der Waals surface area contributed by atoms with Crippen molar-refractivity contribution >= 4 is 5.57 Å². The van der Waals surface area contributed by atoms with Gasteiger partial charge in [-0.3, -0.25) is 0 Å². The number of fused-ring (bicyclic) bond motifs is 1. The minimum atomic E-state index is 0.511. The molecule has 160 valence electrons. The van der Waals surface area contributed by atoms with Crippen LogP contribution in [0.15, 0.2) is 48.0 Å². The summed E-state index contributed by atoms with van der Waals surface area (Å²) in [4.78, 5) is 0. The van der Waals surface area contributed by atoms with Gasteiger partial charge in [-0.1, -0.05) is 60.9 Å². The third-order valence-electron chi connectivity index (χ3n) is 10.1. The van der Waals surface area contributed by atoms with Crippen LogP contribution in [0.25, 0.3) is 16.7 Å². The maximum absolute atomic E-state index is 2.52. The van der Waals surface area contributed by atoms with E-state index in [4.69, 9.17) is 0 Å². The zero-order valence-corrected chi connectivity index (χ0v) is 19.1. The van der Waals surface area contributed by atoms with Gasteiger partial charge in [-0.15, -0.1) is 0 Å². The molecular weight excluding hydrogens is 372 g/mol. The second kappa shape index (κ2) is 6.84. The molecule has 0 radical (unpaired) electrons. The minimum absolute atomic E-state index is 0.511. The summed E-state index contributed by atoms with van der Waals surface area (Å²) < 4.78 is 0. The summed E-state index contributed by atoms with van der Waals surface area (Å²) in [5, 5.41) is 0. The number of hydrogen-bond acceptors (Lipinski definition) is 0. The van der Waals surface area contributed by atoms with Gasteiger partial charge >= 0.3 is 0 Å². The third-order valence-corrected chi connectivity index (χ3v) is 10.1. The topological polar surface area (TPSA) is 0 Å². The molecule has 31 heavy (non-hydrogen) atoms. The summed E-state index contributed by atoms with van der Waals surface area (Å²) in [6.07, 6.45) is 15.9.